The highest BCUT2D eigenvalue weighted by atomic mass is 32.2. The summed E-state index contributed by atoms with van der Waals surface area (Å²) in [6.07, 6.45) is 4.62. The van der Waals surface area contributed by atoms with Gasteiger partial charge < -0.3 is 15.2 Å². The van der Waals surface area contributed by atoms with E-state index in [0.717, 1.165) is 4.57 Å². The van der Waals surface area contributed by atoms with Crippen LogP contribution >= 0.6 is 11.8 Å². The first-order valence-electron chi connectivity index (χ1n) is 9.98. The van der Waals surface area contributed by atoms with Crippen LogP contribution in [0.1, 0.15) is 12.8 Å². The Bertz CT molecular complexity index is 1220. The van der Waals surface area contributed by atoms with Crippen LogP contribution in [0.3, 0.4) is 0 Å². The van der Waals surface area contributed by atoms with Gasteiger partial charge in [-0.15, -0.1) is 0 Å². The number of imidazole rings is 1. The predicted octanol–water partition coefficient (Wildman–Crippen LogP) is -0.282. The van der Waals surface area contributed by atoms with Crippen molar-refractivity contribution >= 4 is 34.8 Å². The second kappa shape index (κ2) is 8.53. The summed E-state index contributed by atoms with van der Waals surface area (Å²) < 4.78 is 4.34. The van der Waals surface area contributed by atoms with E-state index >= 15 is 0 Å². The minimum Gasteiger partial charge on any atom is -0.369 e. The molecule has 0 saturated carbocycles. The molecule has 2 N–H and O–H groups in total. The molecule has 3 aromatic rings. The maximum Gasteiger partial charge on any atom is 0.332 e. The van der Waals surface area contributed by atoms with Gasteiger partial charge >= 0.3 is 5.69 Å². The summed E-state index contributed by atoms with van der Waals surface area (Å²) >= 11 is 1.48. The molecule has 0 aromatic carbocycles. The second-order valence-electron chi connectivity index (χ2n) is 7.48. The molecule has 1 aliphatic rings. The standard InChI is InChI=1S/C19H24N8O3S/c1-24-15-13(16(29)25(2)19(24)30)27(10-11-31-17-21-6-3-7-22-17)18(23-15)26-8-4-12(5-9-26)14(20)28/h3,6-7,12H,4-5,8-11H2,1-2H3,(H2,20,28). The fourth-order valence-electron chi connectivity index (χ4n) is 3.84. The van der Waals surface area contributed by atoms with Crippen molar-refractivity contribution in [3.8, 4) is 0 Å². The van der Waals surface area contributed by atoms with Crippen LogP contribution < -0.4 is 21.9 Å². The van der Waals surface area contributed by atoms with Crippen molar-refractivity contribution in [2.75, 3.05) is 23.7 Å². The van der Waals surface area contributed by atoms with Gasteiger partial charge in [0, 0.05) is 57.8 Å². The van der Waals surface area contributed by atoms with Gasteiger partial charge in [0.25, 0.3) is 5.56 Å². The number of amides is 1. The molecule has 1 aliphatic heterocycles. The van der Waals surface area contributed by atoms with Gasteiger partial charge in [-0.2, -0.15) is 4.98 Å². The third kappa shape index (κ3) is 3.94. The smallest absolute Gasteiger partial charge is 0.332 e. The van der Waals surface area contributed by atoms with E-state index in [2.05, 4.69) is 15.0 Å². The maximum atomic E-state index is 13.0. The van der Waals surface area contributed by atoms with Gasteiger partial charge in [0.1, 0.15) is 0 Å². The Hall–Kier alpha value is -3.15. The summed E-state index contributed by atoms with van der Waals surface area (Å²) in [6.45, 7) is 1.68. The lowest BCUT2D eigenvalue weighted by Crippen LogP contribution is -2.40. The molecule has 3 aromatic heterocycles. The van der Waals surface area contributed by atoms with Crippen LogP contribution in [0.4, 0.5) is 5.95 Å². The Kier molecular flexibility index (Phi) is 5.81. The Labute approximate surface area is 181 Å². The lowest BCUT2D eigenvalue weighted by atomic mass is 9.96. The average molecular weight is 445 g/mol. The summed E-state index contributed by atoms with van der Waals surface area (Å²) in [5, 5.41) is 0.649. The number of carbonyl (C=O) groups is 1. The van der Waals surface area contributed by atoms with Crippen LogP contribution in [0.25, 0.3) is 11.2 Å². The van der Waals surface area contributed by atoms with Gasteiger partial charge in [0.05, 0.1) is 0 Å². The maximum absolute atomic E-state index is 13.0. The minimum atomic E-state index is -0.423. The van der Waals surface area contributed by atoms with Crippen molar-refractivity contribution in [2.24, 2.45) is 25.7 Å². The summed E-state index contributed by atoms with van der Waals surface area (Å²) in [7, 11) is 3.07. The molecular weight excluding hydrogens is 420 g/mol. The van der Waals surface area contributed by atoms with E-state index in [-0.39, 0.29) is 17.4 Å². The number of aromatic nitrogens is 6. The topological polar surface area (TPSA) is 134 Å². The van der Waals surface area contributed by atoms with Gasteiger partial charge in [-0.1, -0.05) is 11.8 Å². The zero-order valence-electron chi connectivity index (χ0n) is 17.4. The van der Waals surface area contributed by atoms with Crippen molar-refractivity contribution in [2.45, 2.75) is 24.5 Å². The second-order valence-corrected chi connectivity index (χ2v) is 8.55. The normalized spacial score (nSPS) is 15.0. The van der Waals surface area contributed by atoms with E-state index < -0.39 is 5.69 Å². The number of carbonyl (C=O) groups excluding carboxylic acids is 1. The SMILES string of the molecule is Cn1c(=O)c2c(nc(N3CCC(C(N)=O)CC3)n2CCSc2ncccn2)n(C)c1=O. The van der Waals surface area contributed by atoms with Gasteiger partial charge in [-0.25, -0.2) is 14.8 Å². The molecule has 0 atom stereocenters. The lowest BCUT2D eigenvalue weighted by molar-refractivity contribution is -0.122. The fourth-order valence-corrected chi connectivity index (χ4v) is 4.57. The Morgan fingerprint density at radius 3 is 2.48 bits per heavy atom. The molecule has 12 heteroatoms. The number of hydrogen-bond acceptors (Lipinski definition) is 8. The summed E-state index contributed by atoms with van der Waals surface area (Å²) in [6, 6.07) is 1.76. The number of nitrogens with zero attached hydrogens (tertiary/aromatic N) is 7. The first kappa shape index (κ1) is 21.1. The molecule has 0 aliphatic carbocycles. The highest BCUT2D eigenvalue weighted by molar-refractivity contribution is 7.99. The summed E-state index contributed by atoms with van der Waals surface area (Å²) in [4.78, 5) is 52.1. The molecular formula is C19H24N8O3S. The van der Waals surface area contributed by atoms with Gasteiger partial charge in [-0.05, 0) is 18.9 Å². The zero-order chi connectivity index (χ0) is 22.1. The number of primary amides is 1. The largest absolute Gasteiger partial charge is 0.369 e. The monoisotopic (exact) mass is 444 g/mol. The summed E-state index contributed by atoms with van der Waals surface area (Å²) in [5.41, 5.74) is 5.38. The van der Waals surface area contributed by atoms with E-state index in [0.29, 0.717) is 60.5 Å². The van der Waals surface area contributed by atoms with Crippen LogP contribution in [-0.2, 0) is 25.4 Å². The predicted molar refractivity (Wildman–Crippen MR) is 117 cm³/mol. The first-order valence-corrected chi connectivity index (χ1v) is 11.0. The third-order valence-corrected chi connectivity index (χ3v) is 6.45. The van der Waals surface area contributed by atoms with E-state index in [1.165, 1.54) is 23.4 Å². The van der Waals surface area contributed by atoms with Gasteiger partial charge in [0.15, 0.2) is 16.3 Å². The molecule has 31 heavy (non-hydrogen) atoms. The number of fused-ring (bicyclic) bond motifs is 1. The highest BCUT2D eigenvalue weighted by Gasteiger charge is 2.28. The number of nitrogens with two attached hydrogens (primary N) is 1. The van der Waals surface area contributed by atoms with Crippen molar-refractivity contribution in [1.29, 1.82) is 0 Å². The molecule has 164 valence electrons. The first-order chi connectivity index (χ1) is 14.9. The number of hydrogen-bond donors (Lipinski definition) is 1. The molecule has 0 spiro atoms. The van der Waals surface area contributed by atoms with Gasteiger partial charge in [0.2, 0.25) is 11.9 Å². The summed E-state index contributed by atoms with van der Waals surface area (Å²) in [5.74, 6) is 0.790. The van der Waals surface area contributed by atoms with Crippen LogP contribution in [0.15, 0.2) is 33.2 Å². The fraction of sp³-hybridized carbons (Fsp3) is 0.474. The van der Waals surface area contributed by atoms with E-state index in [1.807, 2.05) is 9.47 Å². The highest BCUT2D eigenvalue weighted by Crippen LogP contribution is 2.26. The lowest BCUT2D eigenvalue weighted by Gasteiger charge is -2.31. The Morgan fingerprint density at radius 1 is 1.16 bits per heavy atom. The molecule has 0 radical (unpaired) electrons. The number of aryl methyl sites for hydroxylation is 2. The van der Waals surface area contributed by atoms with Crippen molar-refractivity contribution in [3.63, 3.8) is 0 Å². The van der Waals surface area contributed by atoms with Crippen molar-refractivity contribution in [3.05, 3.63) is 39.3 Å². The van der Waals surface area contributed by atoms with E-state index in [1.54, 1.807) is 25.5 Å². The zero-order valence-corrected chi connectivity index (χ0v) is 18.2. The van der Waals surface area contributed by atoms with Crippen molar-refractivity contribution in [1.82, 2.24) is 28.7 Å². The molecule has 1 saturated heterocycles. The molecule has 0 unspecified atom stereocenters. The molecule has 4 rings (SSSR count). The number of rotatable bonds is 6. The van der Waals surface area contributed by atoms with Crippen LogP contribution in [0, 0.1) is 5.92 Å². The number of piperidine rings is 1. The Balaban J connectivity index is 1.72. The van der Waals surface area contributed by atoms with Crippen molar-refractivity contribution < 1.29 is 4.79 Å². The molecule has 1 fully saturated rings. The van der Waals surface area contributed by atoms with Crippen LogP contribution in [0.5, 0.6) is 0 Å². The molecule has 4 heterocycles. The quantitative estimate of drug-likeness (QED) is 0.405. The third-order valence-electron chi connectivity index (χ3n) is 5.60. The molecule has 0 bridgehead atoms. The molecule has 11 nitrogen and oxygen atoms in total. The number of anilines is 1. The van der Waals surface area contributed by atoms with Gasteiger partial charge in [-0.3, -0.25) is 18.7 Å². The van der Waals surface area contributed by atoms with Crippen LogP contribution in [-0.4, -0.2) is 53.4 Å². The Morgan fingerprint density at radius 2 is 1.84 bits per heavy atom. The molecule has 1 amide bonds. The van der Waals surface area contributed by atoms with E-state index in [4.69, 9.17) is 5.73 Å². The van der Waals surface area contributed by atoms with Crippen LogP contribution in [0.2, 0.25) is 0 Å². The number of thioether (sulfide) groups is 1. The van der Waals surface area contributed by atoms with E-state index in [9.17, 15) is 14.4 Å². The minimum absolute atomic E-state index is 0.155. The average Bonchev–Trinajstić information content (AvgIpc) is 3.16.